The fourth-order valence-corrected chi connectivity index (χ4v) is 5.82. The van der Waals surface area contributed by atoms with Crippen LogP contribution in [0.15, 0.2) is 97.1 Å². The SMILES string of the molecule is COc1cc([C@@H]2CC[C@H](c3ccc(O[C@H](C)C(=O)c4ccccc4)c(OC)c3)C2)ccc1OC(C)C(=O)c1ccccc1. The molecular weight excluding hydrogens is 540 g/mol. The minimum atomic E-state index is -0.639. The van der Waals surface area contributed by atoms with Crippen LogP contribution in [-0.2, 0) is 0 Å². The van der Waals surface area contributed by atoms with Crippen LogP contribution in [0, 0.1) is 0 Å². The molecule has 0 amide bonds. The van der Waals surface area contributed by atoms with Crippen molar-refractivity contribution in [3.8, 4) is 23.0 Å². The van der Waals surface area contributed by atoms with E-state index in [-0.39, 0.29) is 11.6 Å². The maximum absolute atomic E-state index is 12.8. The molecule has 1 aliphatic carbocycles. The number of rotatable bonds is 12. The first kappa shape index (κ1) is 29.9. The molecule has 0 radical (unpaired) electrons. The molecule has 6 heteroatoms. The van der Waals surface area contributed by atoms with Crippen LogP contribution in [0.2, 0.25) is 0 Å². The summed E-state index contributed by atoms with van der Waals surface area (Å²) < 4.78 is 23.4. The molecule has 5 rings (SSSR count). The number of ketones is 2. The monoisotopic (exact) mass is 578 g/mol. The average Bonchev–Trinajstić information content (AvgIpc) is 3.55. The lowest BCUT2D eigenvalue weighted by Gasteiger charge is -2.19. The Morgan fingerprint density at radius 2 is 0.977 bits per heavy atom. The number of Topliss-reactive ketones (excluding diaryl/α,β-unsaturated/α-hetero) is 2. The van der Waals surface area contributed by atoms with E-state index in [0.717, 1.165) is 19.3 Å². The molecule has 1 saturated carbocycles. The molecule has 0 saturated heterocycles. The molecule has 4 aromatic rings. The molecule has 1 unspecified atom stereocenters. The van der Waals surface area contributed by atoms with E-state index in [9.17, 15) is 9.59 Å². The molecule has 0 heterocycles. The Kier molecular flexibility index (Phi) is 9.45. The van der Waals surface area contributed by atoms with Gasteiger partial charge < -0.3 is 18.9 Å². The van der Waals surface area contributed by atoms with Gasteiger partial charge in [-0.3, -0.25) is 9.59 Å². The standard InChI is InChI=1S/C37H38O6/c1-24(36(38)26-11-7-5-8-12-26)42-32-19-17-30(22-34(32)40-3)28-15-16-29(21-28)31-18-20-33(35(23-31)41-4)43-25(2)37(39)27-13-9-6-10-14-27/h5-14,17-20,22-25,28-29H,15-16,21H2,1-4H3/t24-,25?,28+,29-/m1/s1. The normalized spacial score (nSPS) is 17.5. The van der Waals surface area contributed by atoms with Crippen LogP contribution >= 0.6 is 0 Å². The summed E-state index contributed by atoms with van der Waals surface area (Å²) in [6, 6.07) is 30.4. The zero-order valence-corrected chi connectivity index (χ0v) is 25.1. The number of carbonyl (C=O) groups is 2. The second-order valence-electron chi connectivity index (χ2n) is 11.0. The Morgan fingerprint density at radius 3 is 1.35 bits per heavy atom. The van der Waals surface area contributed by atoms with E-state index < -0.39 is 12.2 Å². The van der Waals surface area contributed by atoms with Gasteiger partial charge in [-0.25, -0.2) is 0 Å². The van der Waals surface area contributed by atoms with E-state index in [2.05, 4.69) is 12.1 Å². The van der Waals surface area contributed by atoms with Crippen LogP contribution in [0.5, 0.6) is 23.0 Å². The minimum Gasteiger partial charge on any atom is -0.493 e. The highest BCUT2D eigenvalue weighted by molar-refractivity contribution is 6.00. The van der Waals surface area contributed by atoms with Crippen LogP contribution < -0.4 is 18.9 Å². The highest BCUT2D eigenvalue weighted by Crippen LogP contribution is 2.46. The molecule has 0 aliphatic heterocycles. The largest absolute Gasteiger partial charge is 0.493 e. The van der Waals surface area contributed by atoms with Crippen LogP contribution in [0.1, 0.15) is 76.8 Å². The summed E-state index contributed by atoms with van der Waals surface area (Å²) in [5, 5.41) is 0. The highest BCUT2D eigenvalue weighted by Gasteiger charge is 2.29. The van der Waals surface area contributed by atoms with Gasteiger partial charge in [-0.05, 0) is 80.3 Å². The minimum absolute atomic E-state index is 0.0746. The lowest BCUT2D eigenvalue weighted by molar-refractivity contribution is 0.0809. The van der Waals surface area contributed by atoms with Gasteiger partial charge in [0.05, 0.1) is 14.2 Å². The van der Waals surface area contributed by atoms with E-state index in [1.807, 2.05) is 60.7 Å². The van der Waals surface area contributed by atoms with Crippen molar-refractivity contribution in [2.24, 2.45) is 0 Å². The average molecular weight is 579 g/mol. The molecule has 0 aromatic heterocycles. The van der Waals surface area contributed by atoms with Crippen molar-refractivity contribution in [2.45, 2.75) is 57.2 Å². The fourth-order valence-electron chi connectivity index (χ4n) is 5.82. The zero-order chi connectivity index (χ0) is 30.3. The Morgan fingerprint density at radius 1 is 0.581 bits per heavy atom. The highest BCUT2D eigenvalue weighted by atomic mass is 16.5. The van der Waals surface area contributed by atoms with Gasteiger partial charge in [0.15, 0.2) is 35.2 Å². The molecule has 6 nitrogen and oxygen atoms in total. The second-order valence-corrected chi connectivity index (χ2v) is 11.0. The maximum Gasteiger partial charge on any atom is 0.202 e. The maximum atomic E-state index is 12.8. The van der Waals surface area contributed by atoms with Crippen LogP contribution in [0.3, 0.4) is 0 Å². The van der Waals surface area contributed by atoms with Crippen LogP contribution in [0.4, 0.5) is 0 Å². The van der Waals surface area contributed by atoms with Crippen molar-refractivity contribution >= 4 is 11.6 Å². The number of benzene rings is 4. The third kappa shape index (κ3) is 6.91. The first-order chi connectivity index (χ1) is 20.9. The quantitative estimate of drug-likeness (QED) is 0.158. The zero-order valence-electron chi connectivity index (χ0n) is 25.1. The van der Waals surface area contributed by atoms with Gasteiger partial charge in [-0.15, -0.1) is 0 Å². The van der Waals surface area contributed by atoms with Crippen molar-refractivity contribution in [1.82, 2.24) is 0 Å². The Balaban J connectivity index is 1.24. The van der Waals surface area contributed by atoms with Crippen molar-refractivity contribution < 1.29 is 28.5 Å². The van der Waals surface area contributed by atoms with Gasteiger partial charge in [-0.2, -0.15) is 0 Å². The molecule has 4 atom stereocenters. The first-order valence-electron chi connectivity index (χ1n) is 14.8. The van der Waals surface area contributed by atoms with E-state index in [4.69, 9.17) is 18.9 Å². The van der Waals surface area contributed by atoms with Gasteiger partial charge in [-0.1, -0.05) is 72.8 Å². The van der Waals surface area contributed by atoms with Crippen LogP contribution in [0.25, 0.3) is 0 Å². The topological polar surface area (TPSA) is 71.1 Å². The smallest absolute Gasteiger partial charge is 0.202 e. The van der Waals surface area contributed by atoms with Crippen molar-refractivity contribution in [3.05, 3.63) is 119 Å². The Labute approximate surface area is 253 Å². The molecule has 43 heavy (non-hydrogen) atoms. The molecular formula is C37H38O6. The predicted octanol–water partition coefficient (Wildman–Crippen LogP) is 8.06. The summed E-state index contributed by atoms with van der Waals surface area (Å²) in [4.78, 5) is 25.6. The van der Waals surface area contributed by atoms with Crippen molar-refractivity contribution in [2.75, 3.05) is 14.2 Å². The molecule has 1 aliphatic rings. The summed E-state index contributed by atoms with van der Waals surface area (Å²) in [7, 11) is 3.24. The lowest BCUT2D eigenvalue weighted by Crippen LogP contribution is -2.24. The van der Waals surface area contributed by atoms with E-state index in [0.29, 0.717) is 46.0 Å². The van der Waals surface area contributed by atoms with Crippen LogP contribution in [-0.4, -0.2) is 38.0 Å². The Hall–Kier alpha value is -4.58. The van der Waals surface area contributed by atoms with E-state index in [1.165, 1.54) is 11.1 Å². The second kappa shape index (κ2) is 13.6. The number of ether oxygens (including phenoxy) is 4. The summed E-state index contributed by atoms with van der Waals surface area (Å²) in [5.74, 6) is 2.93. The molecule has 0 N–H and O–H groups in total. The van der Waals surface area contributed by atoms with Gasteiger partial charge in [0, 0.05) is 11.1 Å². The predicted molar refractivity (Wildman–Crippen MR) is 167 cm³/mol. The fraction of sp³-hybridized carbons (Fsp3) is 0.297. The molecule has 0 bridgehead atoms. The molecule has 222 valence electrons. The number of hydrogen-bond acceptors (Lipinski definition) is 6. The van der Waals surface area contributed by atoms with Crippen molar-refractivity contribution in [3.63, 3.8) is 0 Å². The summed E-state index contributed by atoms with van der Waals surface area (Å²) in [5.41, 5.74) is 3.62. The first-order valence-corrected chi connectivity index (χ1v) is 14.8. The van der Waals surface area contributed by atoms with Gasteiger partial charge >= 0.3 is 0 Å². The summed E-state index contributed by atoms with van der Waals surface area (Å²) in [6.45, 7) is 3.52. The number of carbonyl (C=O) groups excluding carboxylic acids is 2. The number of methoxy groups -OCH3 is 2. The number of hydrogen-bond donors (Lipinski definition) is 0. The Bertz CT molecular complexity index is 1430. The van der Waals surface area contributed by atoms with E-state index in [1.54, 1.807) is 52.3 Å². The summed E-state index contributed by atoms with van der Waals surface area (Å²) >= 11 is 0. The molecule has 4 aromatic carbocycles. The van der Waals surface area contributed by atoms with Gasteiger partial charge in [0.25, 0.3) is 0 Å². The van der Waals surface area contributed by atoms with E-state index >= 15 is 0 Å². The van der Waals surface area contributed by atoms with Gasteiger partial charge in [0.1, 0.15) is 0 Å². The third-order valence-electron chi connectivity index (χ3n) is 8.21. The molecule has 1 fully saturated rings. The lowest BCUT2D eigenvalue weighted by atomic mass is 9.92. The van der Waals surface area contributed by atoms with Crippen molar-refractivity contribution in [1.29, 1.82) is 0 Å². The third-order valence-corrected chi connectivity index (χ3v) is 8.21. The summed E-state index contributed by atoms with van der Waals surface area (Å²) in [6.07, 6.45) is 1.79. The molecule has 0 spiro atoms. The van der Waals surface area contributed by atoms with Gasteiger partial charge in [0.2, 0.25) is 11.6 Å².